The highest BCUT2D eigenvalue weighted by Gasteiger charge is 2.30. The Balaban J connectivity index is 1.09. The van der Waals surface area contributed by atoms with E-state index in [9.17, 15) is 9.59 Å². The van der Waals surface area contributed by atoms with E-state index in [0.29, 0.717) is 21.9 Å². The number of hydrogen-bond acceptors (Lipinski definition) is 3. The number of carbonyl (C=O) groups excluding carboxylic acids is 2. The topological polar surface area (TPSA) is 56.4 Å². The zero-order valence-electron chi connectivity index (χ0n) is 20.9. The van der Waals surface area contributed by atoms with Crippen molar-refractivity contribution in [2.75, 3.05) is 26.2 Å². The summed E-state index contributed by atoms with van der Waals surface area (Å²) in [5, 5.41) is 2.30. The summed E-state index contributed by atoms with van der Waals surface area (Å²) in [7, 11) is 0. The summed E-state index contributed by atoms with van der Waals surface area (Å²) in [6.07, 6.45) is 11.6. The van der Waals surface area contributed by atoms with Gasteiger partial charge in [-0.05, 0) is 92.4 Å². The van der Waals surface area contributed by atoms with Gasteiger partial charge in [0, 0.05) is 36.3 Å². The average molecular weight is 539 g/mol. The number of nitrogens with one attached hydrogen (secondary N) is 1. The molecule has 1 N–H and O–H groups in total. The van der Waals surface area contributed by atoms with E-state index >= 15 is 0 Å². The van der Waals surface area contributed by atoms with Gasteiger partial charge in [-0.1, -0.05) is 47.5 Å². The van der Waals surface area contributed by atoms with Crippen LogP contribution in [0.1, 0.15) is 49.1 Å². The van der Waals surface area contributed by atoms with Crippen LogP contribution in [0.4, 0.5) is 0 Å². The molecule has 0 saturated carbocycles. The Bertz CT molecular complexity index is 1270. The molecule has 2 aliphatic rings. The van der Waals surface area contributed by atoms with E-state index < -0.39 is 0 Å². The minimum Gasteiger partial charge on any atom is -0.361 e. The number of H-pyrrole nitrogens is 1. The van der Waals surface area contributed by atoms with Crippen LogP contribution in [0.15, 0.2) is 54.7 Å². The lowest BCUT2D eigenvalue weighted by Crippen LogP contribution is -2.44. The zero-order chi connectivity index (χ0) is 25.8. The van der Waals surface area contributed by atoms with Crippen molar-refractivity contribution < 1.29 is 9.59 Å². The first kappa shape index (κ1) is 26.0. The molecular formula is C30H33Cl2N3O2. The van der Waals surface area contributed by atoms with E-state index in [1.54, 1.807) is 24.3 Å². The van der Waals surface area contributed by atoms with Crippen LogP contribution in [0.5, 0.6) is 0 Å². The van der Waals surface area contributed by atoms with Crippen LogP contribution in [0.25, 0.3) is 17.0 Å². The third kappa shape index (κ3) is 6.11. The molecule has 1 amide bonds. The molecule has 2 fully saturated rings. The number of nitrogens with zero attached hydrogens (tertiary/aromatic N) is 2. The van der Waals surface area contributed by atoms with Gasteiger partial charge in [0.05, 0.1) is 16.1 Å². The number of piperidine rings is 2. The Morgan fingerprint density at radius 1 is 1.00 bits per heavy atom. The molecule has 2 aliphatic heterocycles. The van der Waals surface area contributed by atoms with Crippen molar-refractivity contribution in [1.29, 1.82) is 0 Å². The Kier molecular flexibility index (Phi) is 8.33. The van der Waals surface area contributed by atoms with Gasteiger partial charge in [0.2, 0.25) is 5.91 Å². The Hall–Kier alpha value is -2.60. The van der Waals surface area contributed by atoms with E-state index in [0.717, 1.165) is 70.1 Å². The fraction of sp³-hybridized carbons (Fsp3) is 0.400. The first-order valence-corrected chi connectivity index (χ1v) is 13.9. The van der Waals surface area contributed by atoms with E-state index in [-0.39, 0.29) is 11.9 Å². The first-order chi connectivity index (χ1) is 18.0. The maximum atomic E-state index is 12.7. The van der Waals surface area contributed by atoms with Crippen LogP contribution in [0, 0.1) is 5.92 Å². The van der Waals surface area contributed by atoms with Crippen LogP contribution in [-0.4, -0.2) is 59.2 Å². The average Bonchev–Trinajstić information content (AvgIpc) is 3.37. The number of rotatable bonds is 7. The third-order valence-electron chi connectivity index (χ3n) is 8.08. The Labute approximate surface area is 228 Å². The molecule has 2 aromatic carbocycles. The quantitative estimate of drug-likeness (QED) is 0.274. The molecular weight excluding hydrogens is 505 g/mol. The molecule has 0 spiro atoms. The lowest BCUT2D eigenvalue weighted by molar-refractivity contribution is -0.127. The summed E-state index contributed by atoms with van der Waals surface area (Å²) in [6, 6.07) is 13.8. The molecule has 194 valence electrons. The minimum absolute atomic E-state index is 0.0100. The van der Waals surface area contributed by atoms with Crippen LogP contribution >= 0.6 is 23.2 Å². The highest BCUT2D eigenvalue weighted by molar-refractivity contribution is 6.42. The number of likely N-dealkylation sites (tertiary alicyclic amines) is 2. The lowest BCUT2D eigenvalue weighted by Gasteiger charge is -2.38. The van der Waals surface area contributed by atoms with Crippen molar-refractivity contribution >= 4 is 52.4 Å². The third-order valence-corrected chi connectivity index (χ3v) is 8.82. The number of hydrogen-bond donors (Lipinski definition) is 1. The predicted molar refractivity (Wildman–Crippen MR) is 151 cm³/mol. The lowest BCUT2D eigenvalue weighted by atomic mass is 9.86. The normalized spacial score (nSPS) is 19.0. The number of aldehydes is 1. The minimum atomic E-state index is -0.0364. The smallest absolute Gasteiger partial charge is 0.246 e. The van der Waals surface area contributed by atoms with Gasteiger partial charge in [-0.2, -0.15) is 0 Å². The number of benzene rings is 2. The van der Waals surface area contributed by atoms with Crippen LogP contribution in [-0.2, 0) is 9.59 Å². The van der Waals surface area contributed by atoms with E-state index in [4.69, 9.17) is 23.2 Å². The molecule has 3 heterocycles. The number of fused-ring (bicyclic) bond motifs is 1. The summed E-state index contributed by atoms with van der Waals surface area (Å²) in [5.74, 6) is 1.01. The molecule has 7 heteroatoms. The summed E-state index contributed by atoms with van der Waals surface area (Å²) < 4.78 is 0. The molecule has 2 saturated heterocycles. The predicted octanol–water partition coefficient (Wildman–Crippen LogP) is 6.56. The summed E-state index contributed by atoms with van der Waals surface area (Å²) >= 11 is 12.0. The van der Waals surface area contributed by atoms with Crippen molar-refractivity contribution in [3.63, 3.8) is 0 Å². The Morgan fingerprint density at radius 2 is 1.76 bits per heavy atom. The monoisotopic (exact) mass is 537 g/mol. The van der Waals surface area contributed by atoms with Crippen LogP contribution < -0.4 is 0 Å². The number of aromatic amines is 1. The number of halogens is 2. The second kappa shape index (κ2) is 11.8. The molecule has 37 heavy (non-hydrogen) atoms. The van der Waals surface area contributed by atoms with Crippen molar-refractivity contribution in [3.05, 3.63) is 75.9 Å². The molecule has 1 unspecified atom stereocenters. The van der Waals surface area contributed by atoms with Gasteiger partial charge >= 0.3 is 0 Å². The Morgan fingerprint density at radius 3 is 2.49 bits per heavy atom. The standard InChI is InChI=1S/C30H33Cl2N3O2/c31-27-7-5-21(18-28(27)32)6-8-30(37)35-13-9-22(10-14-35)17-24(20-36)34-15-11-23(12-16-34)26-19-33-29-4-2-1-3-25(26)29/h1-8,18-20,22-24,33H,9-17H2/b8-6+. The van der Waals surface area contributed by atoms with Gasteiger partial charge in [0.1, 0.15) is 6.29 Å². The highest BCUT2D eigenvalue weighted by Crippen LogP contribution is 2.34. The number of carbonyl (C=O) groups is 2. The van der Waals surface area contributed by atoms with Crippen molar-refractivity contribution in [2.24, 2.45) is 5.92 Å². The number of aromatic nitrogens is 1. The van der Waals surface area contributed by atoms with E-state index in [2.05, 4.69) is 40.3 Å². The molecule has 0 aliphatic carbocycles. The molecule has 5 nitrogen and oxygen atoms in total. The summed E-state index contributed by atoms with van der Waals surface area (Å²) in [6.45, 7) is 3.35. The number of amides is 1. The van der Waals surface area contributed by atoms with Crippen LogP contribution in [0.2, 0.25) is 10.0 Å². The summed E-state index contributed by atoms with van der Waals surface area (Å²) in [4.78, 5) is 32.4. The number of para-hydroxylation sites is 1. The maximum Gasteiger partial charge on any atom is 0.246 e. The first-order valence-electron chi connectivity index (χ1n) is 13.2. The van der Waals surface area contributed by atoms with Gasteiger partial charge in [-0.25, -0.2) is 0 Å². The summed E-state index contributed by atoms with van der Waals surface area (Å²) in [5.41, 5.74) is 3.45. The van der Waals surface area contributed by atoms with Gasteiger partial charge in [-0.3, -0.25) is 9.69 Å². The highest BCUT2D eigenvalue weighted by atomic mass is 35.5. The molecule has 5 rings (SSSR count). The second-order valence-corrected chi connectivity index (χ2v) is 11.1. The molecule has 1 atom stereocenters. The van der Waals surface area contributed by atoms with Gasteiger partial charge in [-0.15, -0.1) is 0 Å². The van der Waals surface area contributed by atoms with Gasteiger partial charge < -0.3 is 14.7 Å². The fourth-order valence-corrected chi connectivity index (χ4v) is 6.19. The molecule has 3 aromatic rings. The zero-order valence-corrected chi connectivity index (χ0v) is 22.4. The second-order valence-electron chi connectivity index (χ2n) is 10.3. The molecule has 0 radical (unpaired) electrons. The maximum absolute atomic E-state index is 12.7. The largest absolute Gasteiger partial charge is 0.361 e. The molecule has 1 aromatic heterocycles. The SMILES string of the molecule is O=CC(CC1CCN(C(=O)/C=C/c2ccc(Cl)c(Cl)c2)CC1)N1CCC(c2c[nH]c3ccccc23)CC1. The van der Waals surface area contributed by atoms with Crippen LogP contribution in [0.3, 0.4) is 0 Å². The van der Waals surface area contributed by atoms with Crippen molar-refractivity contribution in [2.45, 2.75) is 44.1 Å². The van der Waals surface area contributed by atoms with Crippen molar-refractivity contribution in [1.82, 2.24) is 14.8 Å². The van der Waals surface area contributed by atoms with E-state index in [1.165, 1.54) is 16.5 Å². The van der Waals surface area contributed by atoms with E-state index in [1.807, 2.05) is 11.0 Å². The molecule has 0 bridgehead atoms. The fourth-order valence-electron chi connectivity index (χ4n) is 5.88. The van der Waals surface area contributed by atoms with Gasteiger partial charge in [0.25, 0.3) is 0 Å². The van der Waals surface area contributed by atoms with Crippen molar-refractivity contribution in [3.8, 4) is 0 Å². The van der Waals surface area contributed by atoms with Gasteiger partial charge in [0.15, 0.2) is 0 Å².